The topological polar surface area (TPSA) is 66.4 Å². The van der Waals surface area contributed by atoms with E-state index < -0.39 is 17.7 Å². The van der Waals surface area contributed by atoms with Crippen LogP contribution in [0, 0.1) is 23.7 Å². The molecule has 5 fully saturated rings. The molecule has 2 bridgehead atoms. The maximum Gasteiger partial charge on any atom is 0.201 e. The van der Waals surface area contributed by atoms with Crippen LogP contribution in [0.4, 0.5) is 0 Å². The van der Waals surface area contributed by atoms with E-state index in [1.807, 2.05) is 6.92 Å². The van der Waals surface area contributed by atoms with Crippen LogP contribution in [0.5, 0.6) is 0 Å². The first-order valence-corrected chi connectivity index (χ1v) is 12.4. The van der Waals surface area contributed by atoms with Gasteiger partial charge in [0.15, 0.2) is 18.2 Å². The first-order chi connectivity index (χ1) is 14.5. The molecule has 0 unspecified atom stereocenters. The minimum Gasteiger partial charge on any atom is -0.396 e. The molecule has 5 rings (SSSR count). The van der Waals surface area contributed by atoms with Crippen LogP contribution in [0.2, 0.25) is 0 Å². The molecule has 30 heavy (non-hydrogen) atoms. The number of aliphatic hydroxyl groups excluding tert-OH is 1. The normalized spacial score (nSPS) is 45.2. The van der Waals surface area contributed by atoms with Crippen molar-refractivity contribution in [1.29, 1.82) is 0 Å². The first kappa shape index (κ1) is 22.9. The Hall–Kier alpha value is -0.240. The Balaban J connectivity index is 1.32. The summed E-state index contributed by atoms with van der Waals surface area (Å²) in [6.07, 6.45) is 11.6. The molecule has 4 heterocycles. The molecule has 1 spiro atoms. The highest BCUT2D eigenvalue weighted by molar-refractivity contribution is 5.09. The van der Waals surface area contributed by atoms with Gasteiger partial charge >= 0.3 is 0 Å². The van der Waals surface area contributed by atoms with Crippen molar-refractivity contribution in [2.24, 2.45) is 23.7 Å². The highest BCUT2D eigenvalue weighted by Gasteiger charge is 2.69. The molecule has 8 atom stereocenters. The summed E-state index contributed by atoms with van der Waals surface area (Å²) >= 11 is 0. The highest BCUT2D eigenvalue weighted by Crippen LogP contribution is 2.60. The number of hydrogen-bond acceptors (Lipinski definition) is 6. The van der Waals surface area contributed by atoms with E-state index in [2.05, 4.69) is 13.8 Å². The molecule has 6 heteroatoms. The highest BCUT2D eigenvalue weighted by atomic mass is 17.3. The fourth-order valence-electron chi connectivity index (χ4n) is 6.36. The SMILES string of the molecule is C[C@H]1[C@@H](OCCCCCCCCCO)O[C@@H]2O[C@]3(C)CC[C@H]4[C@H](C)CC[C@@H]1[C@@]24OO3. The van der Waals surface area contributed by atoms with E-state index in [1.54, 1.807) is 0 Å². The second-order valence-electron chi connectivity index (χ2n) is 10.3. The molecule has 4 saturated heterocycles. The van der Waals surface area contributed by atoms with Crippen molar-refractivity contribution in [3.05, 3.63) is 0 Å². The third kappa shape index (κ3) is 4.33. The average Bonchev–Trinajstić information content (AvgIpc) is 2.96. The number of rotatable bonds is 10. The van der Waals surface area contributed by atoms with Crippen LogP contribution in [0.3, 0.4) is 0 Å². The summed E-state index contributed by atoms with van der Waals surface area (Å²) in [5.74, 6) is 0.849. The molecule has 0 aromatic heterocycles. The zero-order valence-electron chi connectivity index (χ0n) is 19.1. The second-order valence-corrected chi connectivity index (χ2v) is 10.3. The quantitative estimate of drug-likeness (QED) is 0.394. The zero-order chi connectivity index (χ0) is 21.2. The molecule has 6 nitrogen and oxygen atoms in total. The van der Waals surface area contributed by atoms with Crippen molar-refractivity contribution in [3.8, 4) is 0 Å². The van der Waals surface area contributed by atoms with Gasteiger partial charge < -0.3 is 19.3 Å². The molecule has 5 aliphatic rings. The Morgan fingerprint density at radius 2 is 1.63 bits per heavy atom. The van der Waals surface area contributed by atoms with Crippen LogP contribution in [0.1, 0.15) is 91.4 Å². The van der Waals surface area contributed by atoms with Gasteiger partial charge in [0.1, 0.15) is 0 Å². The van der Waals surface area contributed by atoms with E-state index in [0.717, 1.165) is 45.1 Å². The van der Waals surface area contributed by atoms with Crippen molar-refractivity contribution in [2.45, 2.75) is 115 Å². The van der Waals surface area contributed by atoms with Crippen molar-refractivity contribution in [2.75, 3.05) is 13.2 Å². The number of fused-ring (bicyclic) bond motifs is 2. The third-order valence-corrected chi connectivity index (χ3v) is 8.18. The Morgan fingerprint density at radius 1 is 0.900 bits per heavy atom. The van der Waals surface area contributed by atoms with Gasteiger partial charge in [0.25, 0.3) is 0 Å². The van der Waals surface area contributed by atoms with Gasteiger partial charge in [-0.2, -0.15) is 0 Å². The van der Waals surface area contributed by atoms with Crippen LogP contribution in [-0.4, -0.2) is 42.3 Å². The largest absolute Gasteiger partial charge is 0.396 e. The van der Waals surface area contributed by atoms with Crippen molar-refractivity contribution in [1.82, 2.24) is 0 Å². The molecular weight excluding hydrogens is 384 g/mol. The smallest absolute Gasteiger partial charge is 0.201 e. The van der Waals surface area contributed by atoms with E-state index in [9.17, 15) is 0 Å². The lowest BCUT2D eigenvalue weighted by Gasteiger charge is -2.60. The molecular formula is C24H42O6. The second kappa shape index (κ2) is 9.72. The lowest BCUT2D eigenvalue weighted by Crippen LogP contribution is -2.70. The first-order valence-electron chi connectivity index (χ1n) is 12.4. The zero-order valence-corrected chi connectivity index (χ0v) is 19.1. The summed E-state index contributed by atoms with van der Waals surface area (Å²) in [5.41, 5.74) is -0.498. The molecule has 1 saturated carbocycles. The lowest BCUT2D eigenvalue weighted by atomic mass is 9.58. The van der Waals surface area contributed by atoms with E-state index in [1.165, 1.54) is 32.1 Å². The summed E-state index contributed by atoms with van der Waals surface area (Å²) < 4.78 is 19.1. The van der Waals surface area contributed by atoms with Gasteiger partial charge in [-0.1, -0.05) is 46.0 Å². The average molecular weight is 427 g/mol. The maximum absolute atomic E-state index is 8.84. The standard InChI is InChI=1S/C24H42O6/c1-17-11-12-20-18(2)21(26-16-10-8-6-4-5-7-9-15-25)27-22-24(20)19(17)13-14-23(3,28-22)29-30-24/h17-22,25H,4-16H2,1-3H3/t17-,18-,19+,20+,21+,22-,23+,24-/m1/s1. The molecule has 4 aliphatic heterocycles. The number of aliphatic hydroxyl groups is 1. The fraction of sp³-hybridized carbons (Fsp3) is 1.00. The number of hydrogen-bond donors (Lipinski definition) is 1. The van der Waals surface area contributed by atoms with Gasteiger partial charge in [0.2, 0.25) is 5.79 Å². The van der Waals surface area contributed by atoms with E-state index in [0.29, 0.717) is 24.4 Å². The predicted molar refractivity (Wildman–Crippen MR) is 112 cm³/mol. The monoisotopic (exact) mass is 426 g/mol. The van der Waals surface area contributed by atoms with Crippen molar-refractivity contribution < 1.29 is 29.1 Å². The summed E-state index contributed by atoms with van der Waals surface area (Å²) in [7, 11) is 0. The summed E-state index contributed by atoms with van der Waals surface area (Å²) in [5, 5.41) is 8.84. The molecule has 0 aromatic rings. The van der Waals surface area contributed by atoms with Crippen LogP contribution in [-0.2, 0) is 24.0 Å². The van der Waals surface area contributed by atoms with E-state index in [4.69, 9.17) is 29.1 Å². The molecule has 1 aliphatic carbocycles. The summed E-state index contributed by atoms with van der Waals surface area (Å²) in [6.45, 7) is 7.60. The Bertz CT molecular complexity index is 558. The Morgan fingerprint density at radius 3 is 2.40 bits per heavy atom. The minimum atomic E-state index is -0.724. The third-order valence-electron chi connectivity index (χ3n) is 8.18. The van der Waals surface area contributed by atoms with Gasteiger partial charge in [-0.25, -0.2) is 9.78 Å². The maximum atomic E-state index is 8.84. The van der Waals surface area contributed by atoms with E-state index >= 15 is 0 Å². The lowest BCUT2D eigenvalue weighted by molar-refractivity contribution is -0.577. The van der Waals surface area contributed by atoms with Gasteiger partial charge in [-0.15, -0.1) is 0 Å². The molecule has 1 N–H and O–H groups in total. The van der Waals surface area contributed by atoms with Crippen molar-refractivity contribution in [3.63, 3.8) is 0 Å². The molecule has 0 aromatic carbocycles. The summed E-state index contributed by atoms with van der Waals surface area (Å²) in [4.78, 5) is 12.1. The van der Waals surface area contributed by atoms with Gasteiger partial charge in [0.05, 0.1) is 0 Å². The Kier molecular flexibility index (Phi) is 7.43. The number of ether oxygens (including phenoxy) is 3. The molecule has 174 valence electrons. The van der Waals surface area contributed by atoms with Crippen molar-refractivity contribution >= 4 is 0 Å². The minimum absolute atomic E-state index is 0.240. The van der Waals surface area contributed by atoms with E-state index in [-0.39, 0.29) is 12.2 Å². The fourth-order valence-corrected chi connectivity index (χ4v) is 6.36. The van der Waals surface area contributed by atoms with Crippen LogP contribution in [0.25, 0.3) is 0 Å². The number of unbranched alkanes of at least 4 members (excludes halogenated alkanes) is 6. The van der Waals surface area contributed by atoms with Gasteiger partial charge in [0, 0.05) is 31.5 Å². The van der Waals surface area contributed by atoms with Gasteiger partial charge in [-0.05, 0) is 50.9 Å². The Labute approximate surface area is 181 Å². The summed E-state index contributed by atoms with van der Waals surface area (Å²) in [6, 6.07) is 0. The van der Waals surface area contributed by atoms with Gasteiger partial charge in [-0.3, -0.25) is 0 Å². The van der Waals surface area contributed by atoms with Crippen LogP contribution < -0.4 is 0 Å². The van der Waals surface area contributed by atoms with Crippen LogP contribution >= 0.6 is 0 Å². The molecule has 0 radical (unpaired) electrons. The molecule has 0 amide bonds. The van der Waals surface area contributed by atoms with Crippen LogP contribution in [0.15, 0.2) is 0 Å². The predicted octanol–water partition coefficient (Wildman–Crippen LogP) is 4.93.